The van der Waals surface area contributed by atoms with E-state index >= 15 is 0 Å². The molecule has 0 aromatic heterocycles. The summed E-state index contributed by atoms with van der Waals surface area (Å²) in [5, 5.41) is 17.3. The Labute approximate surface area is 442 Å². The van der Waals surface area contributed by atoms with Gasteiger partial charge in [-0.15, -0.1) is 0 Å². The molecule has 0 aliphatic rings. The van der Waals surface area contributed by atoms with E-state index in [0.717, 1.165) is 0 Å². The van der Waals surface area contributed by atoms with Gasteiger partial charge >= 0.3 is 0 Å². The monoisotopic (exact) mass is 960 g/mol. The Bertz CT molecular complexity index is 4640. The minimum atomic E-state index is 1.18. The van der Waals surface area contributed by atoms with Crippen LogP contribution in [-0.4, -0.2) is 0 Å². The molecule has 15 aromatic rings. The second-order valence-electron chi connectivity index (χ2n) is 20.3. The molecule has 0 N–H and O–H groups in total. The number of benzene rings is 15. The lowest BCUT2D eigenvalue weighted by Gasteiger charge is -2.21. The fourth-order valence-electron chi connectivity index (χ4n) is 12.6. The molecule has 0 aliphatic heterocycles. The first kappa shape index (κ1) is 43.7. The first-order valence-corrected chi connectivity index (χ1v) is 26.4. The summed E-state index contributed by atoms with van der Waals surface area (Å²) in [6.07, 6.45) is 0. The van der Waals surface area contributed by atoms with E-state index in [-0.39, 0.29) is 0 Å². The highest BCUT2D eigenvalue weighted by atomic mass is 14.2. The summed E-state index contributed by atoms with van der Waals surface area (Å²) in [6.45, 7) is 0. The van der Waals surface area contributed by atoms with E-state index in [1.54, 1.807) is 0 Å². The van der Waals surface area contributed by atoms with E-state index in [2.05, 4.69) is 291 Å². The highest BCUT2D eigenvalue weighted by Gasteiger charge is 2.21. The summed E-state index contributed by atoms with van der Waals surface area (Å²) in [6, 6.07) is 108. The Morgan fingerprint density at radius 2 is 0.447 bits per heavy atom. The van der Waals surface area contributed by atoms with Crippen molar-refractivity contribution >= 4 is 75.4 Å². The molecule has 76 heavy (non-hydrogen) atoms. The minimum Gasteiger partial charge on any atom is -0.0616 e. The molecule has 0 atom stereocenters. The van der Waals surface area contributed by atoms with Crippen molar-refractivity contribution in [1.29, 1.82) is 0 Å². The van der Waals surface area contributed by atoms with Gasteiger partial charge in [0, 0.05) is 0 Å². The summed E-state index contributed by atoms with van der Waals surface area (Å²) in [7, 11) is 0. The molecule has 0 nitrogen and oxygen atoms in total. The van der Waals surface area contributed by atoms with Crippen molar-refractivity contribution in [3.05, 3.63) is 291 Å². The maximum absolute atomic E-state index is 2.46. The average Bonchev–Trinajstić information content (AvgIpc) is 3.49. The number of hydrogen-bond donors (Lipinski definition) is 0. The second kappa shape index (κ2) is 18.0. The highest BCUT2D eigenvalue weighted by molar-refractivity contribution is 6.22. The van der Waals surface area contributed by atoms with Gasteiger partial charge in [-0.2, -0.15) is 0 Å². The van der Waals surface area contributed by atoms with Crippen molar-refractivity contribution in [3.8, 4) is 77.9 Å². The zero-order valence-corrected chi connectivity index (χ0v) is 41.7. The molecule has 0 radical (unpaired) electrons. The van der Waals surface area contributed by atoms with Gasteiger partial charge in [-0.05, 0) is 184 Å². The summed E-state index contributed by atoms with van der Waals surface area (Å²) < 4.78 is 0. The van der Waals surface area contributed by atoms with Crippen molar-refractivity contribution in [2.24, 2.45) is 0 Å². The number of hydrogen-bond acceptors (Lipinski definition) is 0. The van der Waals surface area contributed by atoms with Crippen LogP contribution in [0.1, 0.15) is 0 Å². The Hall–Kier alpha value is -9.88. The van der Waals surface area contributed by atoms with Gasteiger partial charge in [-0.3, -0.25) is 0 Å². The van der Waals surface area contributed by atoms with Crippen LogP contribution in [0, 0.1) is 0 Å². The normalized spacial score (nSPS) is 11.7. The standard InChI is InChI=1S/C76H48/c1-5-28-60-49(18-1)22-14-36-64(60)54-41-40-53-42-43-72(67-39-17-25-52-21-4-8-31-63(52)67)75(73(53)48-54)56-27-13-26-55(44-56)74-68-32-9-11-34-70(68)76(71-35-12-10-33-69(71)74)59-46-57(65-37-15-23-50-19-2-6-29-61(50)65)45-58(47-59)66-38-16-24-51-20-3-7-30-62(51)66/h1-48H. The van der Waals surface area contributed by atoms with Gasteiger partial charge in [-0.1, -0.05) is 261 Å². The minimum absolute atomic E-state index is 1.18. The van der Waals surface area contributed by atoms with Gasteiger partial charge in [0.05, 0.1) is 0 Å². The lowest BCUT2D eigenvalue weighted by molar-refractivity contribution is 1.60. The Kier molecular flexibility index (Phi) is 10.3. The summed E-state index contributed by atoms with van der Waals surface area (Å²) in [4.78, 5) is 0. The van der Waals surface area contributed by atoms with Crippen LogP contribution in [0.4, 0.5) is 0 Å². The van der Waals surface area contributed by atoms with E-state index in [0.29, 0.717) is 0 Å². The molecule has 0 heterocycles. The summed E-state index contributed by atoms with van der Waals surface area (Å²) in [5.74, 6) is 0. The Morgan fingerprint density at radius 1 is 0.132 bits per heavy atom. The molecule has 0 spiro atoms. The van der Waals surface area contributed by atoms with Gasteiger partial charge in [0.25, 0.3) is 0 Å². The molecule has 0 amide bonds. The zero-order valence-electron chi connectivity index (χ0n) is 41.7. The molecule has 0 saturated carbocycles. The van der Waals surface area contributed by atoms with Gasteiger partial charge in [0.15, 0.2) is 0 Å². The van der Waals surface area contributed by atoms with Crippen LogP contribution in [0.2, 0.25) is 0 Å². The van der Waals surface area contributed by atoms with Crippen LogP contribution in [-0.2, 0) is 0 Å². The van der Waals surface area contributed by atoms with Gasteiger partial charge in [-0.25, -0.2) is 0 Å². The van der Waals surface area contributed by atoms with Crippen LogP contribution in [0.25, 0.3) is 153 Å². The molecule has 15 aromatic carbocycles. The molecule has 352 valence electrons. The van der Waals surface area contributed by atoms with E-state index in [1.807, 2.05) is 0 Å². The molecule has 15 rings (SSSR count). The van der Waals surface area contributed by atoms with Crippen LogP contribution in [0.5, 0.6) is 0 Å². The van der Waals surface area contributed by atoms with Crippen LogP contribution < -0.4 is 0 Å². The number of fused-ring (bicyclic) bond motifs is 7. The SMILES string of the molecule is c1cc(-c2c(-c3cccc4ccccc34)ccc3ccc(-c4cccc5ccccc45)cc23)cc(-c2c3ccccc3c(-c3cc(-c4cccc5ccccc45)cc(-c4cccc5ccccc45)c3)c3ccccc23)c1. The number of rotatable bonds is 7. The molecule has 0 saturated heterocycles. The first-order valence-electron chi connectivity index (χ1n) is 26.4. The van der Waals surface area contributed by atoms with E-state index in [4.69, 9.17) is 0 Å². The Balaban J connectivity index is 0.980. The average molecular weight is 961 g/mol. The zero-order chi connectivity index (χ0) is 50.1. The molecule has 0 bridgehead atoms. The highest BCUT2D eigenvalue weighted by Crippen LogP contribution is 2.49. The van der Waals surface area contributed by atoms with E-state index in [9.17, 15) is 0 Å². The second-order valence-corrected chi connectivity index (χ2v) is 20.3. The lowest BCUT2D eigenvalue weighted by atomic mass is 9.82. The Morgan fingerprint density at radius 3 is 0.934 bits per heavy atom. The molecule has 0 unspecified atom stereocenters. The quantitative estimate of drug-likeness (QED) is 0.140. The van der Waals surface area contributed by atoms with Gasteiger partial charge < -0.3 is 0 Å². The van der Waals surface area contributed by atoms with Crippen LogP contribution in [0.15, 0.2) is 291 Å². The van der Waals surface area contributed by atoms with Crippen molar-refractivity contribution in [1.82, 2.24) is 0 Å². The predicted octanol–water partition coefficient (Wildman–Crippen LogP) is 21.4. The largest absolute Gasteiger partial charge is 0.0616 e. The van der Waals surface area contributed by atoms with Crippen LogP contribution in [0.3, 0.4) is 0 Å². The fraction of sp³-hybridized carbons (Fsp3) is 0. The molecular weight excluding hydrogens is 913 g/mol. The topological polar surface area (TPSA) is 0 Å². The van der Waals surface area contributed by atoms with Crippen molar-refractivity contribution in [3.63, 3.8) is 0 Å². The summed E-state index contributed by atoms with van der Waals surface area (Å²) >= 11 is 0. The van der Waals surface area contributed by atoms with Crippen molar-refractivity contribution in [2.75, 3.05) is 0 Å². The molecule has 0 heteroatoms. The van der Waals surface area contributed by atoms with Gasteiger partial charge in [0.1, 0.15) is 0 Å². The smallest absolute Gasteiger partial charge is 0.00259 e. The van der Waals surface area contributed by atoms with E-state index < -0.39 is 0 Å². The molecule has 0 fully saturated rings. The van der Waals surface area contributed by atoms with Crippen molar-refractivity contribution in [2.45, 2.75) is 0 Å². The maximum atomic E-state index is 2.46. The van der Waals surface area contributed by atoms with E-state index in [1.165, 1.54) is 153 Å². The van der Waals surface area contributed by atoms with Crippen LogP contribution >= 0.6 is 0 Å². The predicted molar refractivity (Wildman–Crippen MR) is 327 cm³/mol. The third-order valence-corrected chi connectivity index (χ3v) is 16.0. The third-order valence-electron chi connectivity index (χ3n) is 16.0. The lowest BCUT2D eigenvalue weighted by Crippen LogP contribution is -1.94. The maximum Gasteiger partial charge on any atom is -0.00259 e. The molecular formula is C76H48. The van der Waals surface area contributed by atoms with Gasteiger partial charge in [0.2, 0.25) is 0 Å². The van der Waals surface area contributed by atoms with Crippen molar-refractivity contribution < 1.29 is 0 Å². The fourth-order valence-corrected chi connectivity index (χ4v) is 12.6. The first-order chi connectivity index (χ1) is 37.7. The summed E-state index contributed by atoms with van der Waals surface area (Å²) in [5.41, 5.74) is 17.0. The molecule has 0 aliphatic carbocycles. The third kappa shape index (κ3) is 7.22.